The number of imidazole rings is 1. The lowest BCUT2D eigenvalue weighted by molar-refractivity contribution is 0.619. The molecule has 170 valence electrons. The Labute approximate surface area is 209 Å². The van der Waals surface area contributed by atoms with Crippen molar-refractivity contribution in [3.05, 3.63) is 116 Å². The molecular formula is C29H26ClN3S. The van der Waals surface area contributed by atoms with Crippen LogP contribution in [0.5, 0.6) is 0 Å². The predicted octanol–water partition coefficient (Wildman–Crippen LogP) is 8.12. The zero-order valence-corrected chi connectivity index (χ0v) is 20.9. The van der Waals surface area contributed by atoms with E-state index in [0.29, 0.717) is 5.92 Å². The summed E-state index contributed by atoms with van der Waals surface area (Å²) in [5.41, 5.74) is 7.28. The van der Waals surface area contributed by atoms with Crippen molar-refractivity contribution >= 4 is 34.0 Å². The molecule has 3 aromatic carbocycles. The SMILES string of the molecule is Cc1ccc(C(C)n2c(C3CC3)nc3ccc(C(c4ccc(Cl)cc4)c4nccs4)cc32)cc1. The van der Waals surface area contributed by atoms with Crippen molar-refractivity contribution in [1.82, 2.24) is 14.5 Å². The number of hydrogen-bond acceptors (Lipinski definition) is 3. The van der Waals surface area contributed by atoms with Crippen LogP contribution >= 0.6 is 22.9 Å². The van der Waals surface area contributed by atoms with Crippen molar-refractivity contribution in [2.75, 3.05) is 0 Å². The lowest BCUT2D eigenvalue weighted by Crippen LogP contribution is -2.11. The summed E-state index contributed by atoms with van der Waals surface area (Å²) in [6.07, 6.45) is 4.34. The van der Waals surface area contributed by atoms with Crippen molar-refractivity contribution in [2.45, 2.75) is 44.6 Å². The van der Waals surface area contributed by atoms with Crippen LogP contribution < -0.4 is 0 Å². The van der Waals surface area contributed by atoms with Crippen LogP contribution in [0.25, 0.3) is 11.0 Å². The number of nitrogens with zero attached hydrogens (tertiary/aromatic N) is 3. The maximum absolute atomic E-state index is 6.20. The molecule has 1 aliphatic rings. The fraction of sp³-hybridized carbons (Fsp3) is 0.241. The van der Waals surface area contributed by atoms with E-state index in [1.165, 1.54) is 46.4 Å². The number of thiazole rings is 1. The minimum atomic E-state index is 0.0593. The van der Waals surface area contributed by atoms with E-state index in [1.807, 2.05) is 23.7 Å². The maximum atomic E-state index is 6.20. The first-order valence-corrected chi connectivity index (χ1v) is 13.1. The predicted molar refractivity (Wildman–Crippen MR) is 141 cm³/mol. The number of fused-ring (bicyclic) bond motifs is 1. The Balaban J connectivity index is 1.52. The molecule has 3 nitrogen and oxygen atoms in total. The van der Waals surface area contributed by atoms with Crippen molar-refractivity contribution < 1.29 is 0 Å². The normalized spacial score (nSPS) is 15.5. The Kier molecular flexibility index (Phi) is 5.51. The molecule has 0 amide bonds. The molecule has 0 aliphatic heterocycles. The standard InChI is InChI=1S/C29H26ClN3S/c1-18-3-5-20(6-4-18)19(2)33-26-17-23(11-14-25(26)32-28(33)22-7-8-22)27(29-31-15-16-34-29)21-9-12-24(30)13-10-21/h3-6,9-17,19,22,27H,7-8H2,1-2H3. The maximum Gasteiger partial charge on any atom is 0.113 e. The average Bonchev–Trinajstić information content (AvgIpc) is 3.42. The van der Waals surface area contributed by atoms with E-state index >= 15 is 0 Å². The summed E-state index contributed by atoms with van der Waals surface area (Å²) in [6.45, 7) is 4.43. The van der Waals surface area contributed by atoms with E-state index in [9.17, 15) is 0 Å². The molecule has 0 bridgehead atoms. The molecular weight excluding hydrogens is 458 g/mol. The topological polar surface area (TPSA) is 30.7 Å². The van der Waals surface area contributed by atoms with E-state index in [1.54, 1.807) is 11.3 Å². The van der Waals surface area contributed by atoms with Crippen LogP contribution in [0.3, 0.4) is 0 Å². The van der Waals surface area contributed by atoms with Crippen molar-refractivity contribution in [3.8, 4) is 0 Å². The van der Waals surface area contributed by atoms with Gasteiger partial charge in [0.2, 0.25) is 0 Å². The van der Waals surface area contributed by atoms with Crippen LogP contribution in [0.15, 0.2) is 78.3 Å². The van der Waals surface area contributed by atoms with Gasteiger partial charge in [-0.15, -0.1) is 11.3 Å². The number of rotatable bonds is 6. The van der Waals surface area contributed by atoms with E-state index < -0.39 is 0 Å². The summed E-state index contributed by atoms with van der Waals surface area (Å²) in [7, 11) is 0. The van der Waals surface area contributed by atoms with Gasteiger partial charge in [-0.1, -0.05) is 59.6 Å². The second-order valence-electron chi connectivity index (χ2n) is 9.30. The molecule has 1 aliphatic carbocycles. The first-order valence-electron chi connectivity index (χ1n) is 11.8. The molecule has 0 N–H and O–H groups in total. The summed E-state index contributed by atoms with van der Waals surface area (Å²) in [5, 5.41) is 3.88. The van der Waals surface area contributed by atoms with E-state index in [2.05, 4.69) is 73.0 Å². The summed E-state index contributed by atoms with van der Waals surface area (Å²) in [5.74, 6) is 1.84. The van der Waals surface area contributed by atoms with Gasteiger partial charge in [0.25, 0.3) is 0 Å². The molecule has 2 aromatic heterocycles. The summed E-state index contributed by atoms with van der Waals surface area (Å²) in [6, 6.07) is 24.0. The number of aryl methyl sites for hydroxylation is 1. The number of aromatic nitrogens is 3. The fourth-order valence-corrected chi connectivity index (χ4v) is 5.77. The van der Waals surface area contributed by atoms with Gasteiger partial charge >= 0.3 is 0 Å². The third-order valence-electron chi connectivity index (χ3n) is 6.87. The lowest BCUT2D eigenvalue weighted by atomic mass is 9.91. The smallest absolute Gasteiger partial charge is 0.113 e. The summed E-state index contributed by atoms with van der Waals surface area (Å²) in [4.78, 5) is 9.81. The quantitative estimate of drug-likeness (QED) is 0.244. The van der Waals surface area contributed by atoms with Crippen molar-refractivity contribution in [2.24, 2.45) is 0 Å². The van der Waals surface area contributed by atoms with E-state index in [4.69, 9.17) is 21.6 Å². The summed E-state index contributed by atoms with van der Waals surface area (Å²) < 4.78 is 2.47. The van der Waals surface area contributed by atoms with Gasteiger partial charge in [0, 0.05) is 22.5 Å². The first-order chi connectivity index (χ1) is 16.6. The highest BCUT2D eigenvalue weighted by molar-refractivity contribution is 7.09. The Hall–Kier alpha value is -2.95. The van der Waals surface area contributed by atoms with Gasteiger partial charge in [-0.3, -0.25) is 0 Å². The third kappa shape index (κ3) is 3.95. The highest BCUT2D eigenvalue weighted by Crippen LogP contribution is 2.43. The first kappa shape index (κ1) is 21.6. The van der Waals surface area contributed by atoms with Crippen molar-refractivity contribution in [1.29, 1.82) is 0 Å². The third-order valence-corrected chi connectivity index (χ3v) is 7.96. The second kappa shape index (κ2) is 8.68. The molecule has 2 unspecified atom stereocenters. The van der Waals surface area contributed by atoms with Crippen LogP contribution in [0, 0.1) is 6.92 Å². The average molecular weight is 484 g/mol. The Morgan fingerprint density at radius 2 is 1.65 bits per heavy atom. The lowest BCUT2D eigenvalue weighted by Gasteiger charge is -2.20. The van der Waals surface area contributed by atoms with Gasteiger partial charge < -0.3 is 4.57 Å². The van der Waals surface area contributed by atoms with Gasteiger partial charge in [-0.2, -0.15) is 0 Å². The van der Waals surface area contributed by atoms with Crippen LogP contribution in [0.4, 0.5) is 0 Å². The molecule has 5 heteroatoms. The van der Waals surface area contributed by atoms with Crippen LogP contribution in [-0.2, 0) is 0 Å². The van der Waals surface area contributed by atoms with Gasteiger partial charge in [0.1, 0.15) is 10.8 Å². The van der Waals surface area contributed by atoms with Crippen molar-refractivity contribution in [3.63, 3.8) is 0 Å². The molecule has 34 heavy (non-hydrogen) atoms. The van der Waals surface area contributed by atoms with Gasteiger partial charge in [0.15, 0.2) is 0 Å². The molecule has 0 saturated heterocycles. The largest absolute Gasteiger partial charge is 0.320 e. The minimum absolute atomic E-state index is 0.0593. The molecule has 6 rings (SSSR count). The van der Waals surface area contributed by atoms with Gasteiger partial charge in [-0.05, 0) is 67.6 Å². The zero-order valence-electron chi connectivity index (χ0n) is 19.3. The Bertz CT molecular complexity index is 1430. The molecule has 5 aromatic rings. The Morgan fingerprint density at radius 1 is 0.941 bits per heavy atom. The van der Waals surface area contributed by atoms with Gasteiger partial charge in [-0.25, -0.2) is 9.97 Å². The van der Waals surface area contributed by atoms with E-state index in [-0.39, 0.29) is 12.0 Å². The van der Waals surface area contributed by atoms with Gasteiger partial charge in [0.05, 0.1) is 23.0 Å². The fourth-order valence-electron chi connectivity index (χ4n) is 4.85. The van der Waals surface area contributed by atoms with Crippen LogP contribution in [0.1, 0.15) is 70.7 Å². The minimum Gasteiger partial charge on any atom is -0.320 e. The second-order valence-corrected chi connectivity index (χ2v) is 10.7. The molecule has 1 saturated carbocycles. The molecule has 0 radical (unpaired) electrons. The van der Waals surface area contributed by atoms with E-state index in [0.717, 1.165) is 15.5 Å². The monoisotopic (exact) mass is 483 g/mol. The number of benzene rings is 3. The highest BCUT2D eigenvalue weighted by Gasteiger charge is 2.32. The zero-order chi connectivity index (χ0) is 23.2. The number of halogens is 1. The van der Waals surface area contributed by atoms with Crippen LogP contribution in [0.2, 0.25) is 5.02 Å². The Morgan fingerprint density at radius 3 is 2.32 bits per heavy atom. The van der Waals surface area contributed by atoms with Crippen LogP contribution in [-0.4, -0.2) is 14.5 Å². The molecule has 2 atom stereocenters. The molecule has 1 fully saturated rings. The highest BCUT2D eigenvalue weighted by atomic mass is 35.5. The molecule has 0 spiro atoms. The number of hydrogen-bond donors (Lipinski definition) is 0. The molecule has 2 heterocycles. The summed E-state index contributed by atoms with van der Waals surface area (Å²) >= 11 is 7.90.